The van der Waals surface area contributed by atoms with Gasteiger partial charge in [0.05, 0.1) is 22.1 Å². The number of aromatic nitrogens is 5. The van der Waals surface area contributed by atoms with Crippen LogP contribution in [0.15, 0.2) is 249 Å². The maximum atomic E-state index is 5.03. The summed E-state index contributed by atoms with van der Waals surface area (Å²) in [5.74, 6) is 1.92. The van der Waals surface area contributed by atoms with Crippen molar-refractivity contribution in [2.75, 3.05) is 0 Å². The Balaban J connectivity index is 0.851. The Morgan fingerprint density at radius 1 is 0.222 bits per heavy atom. The second-order valence-corrected chi connectivity index (χ2v) is 18.7. The Morgan fingerprint density at radius 2 is 0.681 bits per heavy atom. The van der Waals surface area contributed by atoms with Gasteiger partial charge in [-0.05, 0) is 122 Å². The van der Waals surface area contributed by atoms with Crippen LogP contribution in [-0.4, -0.2) is 24.1 Å². The first kappa shape index (κ1) is 40.2. The average Bonchev–Trinajstić information content (AvgIpc) is 4.09. The minimum Gasteiger partial charge on any atom is -0.309 e. The van der Waals surface area contributed by atoms with E-state index in [2.05, 4.69) is 197 Å². The molecule has 0 radical (unpaired) electrons. The summed E-state index contributed by atoms with van der Waals surface area (Å²) in [6.45, 7) is 0. The van der Waals surface area contributed by atoms with Crippen LogP contribution in [-0.2, 0) is 0 Å². The van der Waals surface area contributed by atoms with E-state index >= 15 is 0 Å². The van der Waals surface area contributed by atoms with Gasteiger partial charge in [-0.3, -0.25) is 0 Å². The normalized spacial score (nSPS) is 11.9. The van der Waals surface area contributed by atoms with Gasteiger partial charge in [0.15, 0.2) is 17.5 Å². The van der Waals surface area contributed by atoms with Crippen molar-refractivity contribution < 1.29 is 0 Å². The van der Waals surface area contributed by atoms with Gasteiger partial charge in [0, 0.05) is 49.6 Å². The van der Waals surface area contributed by atoms with Crippen LogP contribution in [0.1, 0.15) is 0 Å². The fraction of sp³-hybridized carbons (Fsp3) is 0. The molecular weight excluding hydrogens is 875 g/mol. The van der Waals surface area contributed by atoms with Crippen LogP contribution in [0.4, 0.5) is 0 Å². The zero-order valence-corrected chi connectivity index (χ0v) is 38.9. The molecule has 5 nitrogen and oxygen atoms in total. The predicted molar refractivity (Wildman–Crippen MR) is 298 cm³/mol. The van der Waals surface area contributed by atoms with Crippen molar-refractivity contribution in [1.29, 1.82) is 0 Å². The Bertz CT molecular complexity index is 4430. The summed E-state index contributed by atoms with van der Waals surface area (Å²) in [7, 11) is 0. The van der Waals surface area contributed by atoms with Crippen molar-refractivity contribution >= 4 is 54.4 Å². The van der Waals surface area contributed by atoms with Crippen LogP contribution in [0, 0.1) is 0 Å². The quantitative estimate of drug-likeness (QED) is 0.160. The maximum Gasteiger partial charge on any atom is 0.164 e. The molecule has 0 atom stereocenters. The molecule has 3 aromatic heterocycles. The number of benzene rings is 11. The highest BCUT2D eigenvalue weighted by molar-refractivity contribution is 6.29. The molecule has 14 aromatic rings. The summed E-state index contributed by atoms with van der Waals surface area (Å²) >= 11 is 0. The average molecular weight is 916 g/mol. The molecule has 3 heterocycles. The van der Waals surface area contributed by atoms with E-state index in [1.807, 2.05) is 60.7 Å². The van der Waals surface area contributed by atoms with Crippen molar-refractivity contribution in [3.8, 4) is 90.0 Å². The van der Waals surface area contributed by atoms with Gasteiger partial charge in [-0.25, -0.2) is 15.0 Å². The molecule has 0 amide bonds. The van der Waals surface area contributed by atoms with Crippen LogP contribution in [0.2, 0.25) is 0 Å². The standard InChI is InChI=1S/C67H41N5/c1-4-17-42(18-5-1)65-68-66(43-19-6-2-7-20-43)70-67(69-65)48-23-14-21-44(37-48)45-22-15-26-50(38-45)72-59-32-13-12-29-53(59)56-39-46(33-35-60(56)72)47-34-36-61-58(40-47)64-55-31-16-30-54-51-27-10-11-28-52(51)57(63(54)55)41-62(64)71(61)49-24-8-3-9-25-49/h1-41H. The van der Waals surface area contributed by atoms with Gasteiger partial charge >= 0.3 is 0 Å². The lowest BCUT2D eigenvalue weighted by Gasteiger charge is -2.12. The Labute approximate surface area is 415 Å². The van der Waals surface area contributed by atoms with Crippen molar-refractivity contribution in [2.45, 2.75) is 0 Å². The summed E-state index contributed by atoms with van der Waals surface area (Å²) in [6, 6.07) is 89.4. The molecule has 0 fully saturated rings. The van der Waals surface area contributed by atoms with Gasteiger partial charge in [-0.15, -0.1) is 0 Å². The SMILES string of the molecule is c1ccc(-c2nc(-c3ccccc3)nc(-c3cccc(-c4cccc(-n5c6ccccc6c6cc(-c7ccc8c(c7)c7c9cccc%10c9c(cc7n8-c7ccccc7)-c7ccccc7-%10)ccc65)c4)c3)n2)cc1. The Hall–Kier alpha value is -9.71. The number of hydrogen-bond donors (Lipinski definition) is 0. The fourth-order valence-corrected chi connectivity index (χ4v) is 11.4. The third kappa shape index (κ3) is 6.24. The van der Waals surface area contributed by atoms with Crippen LogP contribution < -0.4 is 0 Å². The number of rotatable bonds is 7. The smallest absolute Gasteiger partial charge is 0.164 e. The predicted octanol–water partition coefficient (Wildman–Crippen LogP) is 17.2. The molecule has 0 N–H and O–H groups in total. The summed E-state index contributed by atoms with van der Waals surface area (Å²) < 4.78 is 4.86. The first-order valence-electron chi connectivity index (χ1n) is 24.5. The van der Waals surface area contributed by atoms with Gasteiger partial charge in [-0.2, -0.15) is 0 Å². The fourth-order valence-electron chi connectivity index (χ4n) is 11.4. The minimum absolute atomic E-state index is 0.632. The molecule has 0 saturated heterocycles. The van der Waals surface area contributed by atoms with E-state index in [-0.39, 0.29) is 0 Å². The topological polar surface area (TPSA) is 48.5 Å². The minimum atomic E-state index is 0.632. The van der Waals surface area contributed by atoms with E-state index in [1.165, 1.54) is 76.7 Å². The van der Waals surface area contributed by atoms with E-state index in [0.29, 0.717) is 17.5 Å². The third-order valence-corrected chi connectivity index (χ3v) is 14.7. The zero-order chi connectivity index (χ0) is 47.3. The highest BCUT2D eigenvalue weighted by Crippen LogP contribution is 2.51. The van der Waals surface area contributed by atoms with Crippen LogP contribution in [0.25, 0.3) is 144 Å². The summed E-state index contributed by atoms with van der Waals surface area (Å²) in [5, 5.41) is 7.59. The molecule has 72 heavy (non-hydrogen) atoms. The van der Waals surface area contributed by atoms with Crippen molar-refractivity contribution in [3.05, 3.63) is 249 Å². The Morgan fingerprint density at radius 3 is 1.40 bits per heavy atom. The second-order valence-electron chi connectivity index (χ2n) is 18.7. The molecule has 0 aliphatic heterocycles. The van der Waals surface area contributed by atoms with Gasteiger partial charge in [-0.1, -0.05) is 182 Å². The summed E-state index contributed by atoms with van der Waals surface area (Å²) in [5.41, 5.74) is 19.6. The summed E-state index contributed by atoms with van der Waals surface area (Å²) in [6.07, 6.45) is 0. The van der Waals surface area contributed by atoms with Gasteiger partial charge < -0.3 is 9.13 Å². The van der Waals surface area contributed by atoms with E-state index in [4.69, 9.17) is 15.0 Å². The monoisotopic (exact) mass is 915 g/mol. The van der Waals surface area contributed by atoms with Crippen molar-refractivity contribution in [3.63, 3.8) is 0 Å². The molecule has 11 aromatic carbocycles. The number of hydrogen-bond acceptors (Lipinski definition) is 3. The molecule has 1 aliphatic rings. The van der Waals surface area contributed by atoms with Crippen LogP contribution >= 0.6 is 0 Å². The van der Waals surface area contributed by atoms with E-state index in [1.54, 1.807) is 0 Å². The molecule has 334 valence electrons. The van der Waals surface area contributed by atoms with Crippen molar-refractivity contribution in [1.82, 2.24) is 24.1 Å². The number of fused-ring (bicyclic) bond motifs is 10. The molecule has 0 spiro atoms. The molecule has 15 rings (SSSR count). The lowest BCUT2D eigenvalue weighted by molar-refractivity contribution is 1.07. The highest BCUT2D eigenvalue weighted by Gasteiger charge is 2.26. The molecule has 0 saturated carbocycles. The largest absolute Gasteiger partial charge is 0.309 e. The number of nitrogens with zero attached hydrogens (tertiary/aromatic N) is 5. The summed E-state index contributed by atoms with van der Waals surface area (Å²) in [4.78, 5) is 15.0. The van der Waals surface area contributed by atoms with Crippen molar-refractivity contribution in [2.24, 2.45) is 0 Å². The van der Waals surface area contributed by atoms with Gasteiger partial charge in [0.2, 0.25) is 0 Å². The highest BCUT2D eigenvalue weighted by atomic mass is 15.0. The van der Waals surface area contributed by atoms with E-state index in [9.17, 15) is 0 Å². The third-order valence-electron chi connectivity index (χ3n) is 14.7. The zero-order valence-electron chi connectivity index (χ0n) is 38.9. The second kappa shape index (κ2) is 15.9. The van der Waals surface area contributed by atoms with Gasteiger partial charge in [0.25, 0.3) is 0 Å². The molecule has 5 heteroatoms. The molecule has 0 unspecified atom stereocenters. The molecule has 1 aliphatic carbocycles. The van der Waals surface area contributed by atoms with E-state index < -0.39 is 0 Å². The first-order chi connectivity index (χ1) is 35.7. The lowest BCUT2D eigenvalue weighted by Crippen LogP contribution is -2.00. The molecular formula is C67H41N5. The van der Waals surface area contributed by atoms with Crippen LogP contribution in [0.5, 0.6) is 0 Å². The molecule has 0 bridgehead atoms. The first-order valence-corrected chi connectivity index (χ1v) is 24.5. The maximum absolute atomic E-state index is 5.03. The number of para-hydroxylation sites is 2. The van der Waals surface area contributed by atoms with E-state index in [0.717, 1.165) is 50.2 Å². The van der Waals surface area contributed by atoms with Crippen LogP contribution in [0.3, 0.4) is 0 Å². The van der Waals surface area contributed by atoms with Gasteiger partial charge in [0.1, 0.15) is 0 Å². The Kier molecular flexibility index (Phi) is 8.89. The lowest BCUT2D eigenvalue weighted by atomic mass is 9.96.